The first-order valence-corrected chi connectivity index (χ1v) is 6.33. The van der Waals surface area contributed by atoms with Crippen molar-refractivity contribution in [3.05, 3.63) is 46.1 Å². The molecular weight excluding hydrogens is 242 g/mol. The zero-order valence-electron chi connectivity index (χ0n) is 11.0. The molecule has 100 valence electrons. The molecule has 0 fully saturated rings. The maximum Gasteiger partial charge on any atom is 0.278 e. The van der Waals surface area contributed by atoms with E-state index in [2.05, 4.69) is 4.98 Å². The lowest BCUT2D eigenvalue weighted by Crippen LogP contribution is -2.25. The Morgan fingerprint density at radius 2 is 2.16 bits per heavy atom. The summed E-state index contributed by atoms with van der Waals surface area (Å²) in [6.07, 6.45) is 2.51. The number of nitro groups is 1. The number of nitro benzene ring substituents is 1. The highest BCUT2D eigenvalue weighted by Gasteiger charge is 2.20. The van der Waals surface area contributed by atoms with Crippen molar-refractivity contribution >= 4 is 16.6 Å². The van der Waals surface area contributed by atoms with E-state index in [1.165, 1.54) is 6.07 Å². The Bertz CT molecular complexity index is 613. The molecule has 2 N–H and O–H groups in total. The molecule has 0 bridgehead atoms. The first kappa shape index (κ1) is 13.4. The van der Waals surface area contributed by atoms with Gasteiger partial charge in [0.15, 0.2) is 0 Å². The molecule has 0 aliphatic heterocycles. The Morgan fingerprint density at radius 3 is 2.79 bits per heavy atom. The molecular formula is C14H17N3O2. The van der Waals surface area contributed by atoms with Crippen molar-refractivity contribution in [3.8, 4) is 0 Å². The first-order chi connectivity index (χ1) is 9.06. The smallest absolute Gasteiger partial charge is 0.278 e. The fraction of sp³-hybridized carbons (Fsp3) is 0.357. The Kier molecular flexibility index (Phi) is 3.76. The predicted molar refractivity (Wildman–Crippen MR) is 75.1 cm³/mol. The van der Waals surface area contributed by atoms with Crippen LogP contribution in [0, 0.1) is 10.1 Å². The molecule has 1 aromatic carbocycles. The molecule has 1 heterocycles. The van der Waals surface area contributed by atoms with Crippen LogP contribution in [0.2, 0.25) is 0 Å². The summed E-state index contributed by atoms with van der Waals surface area (Å²) in [5.74, 6) is 0.114. The summed E-state index contributed by atoms with van der Waals surface area (Å²) in [4.78, 5) is 15.0. The molecule has 5 nitrogen and oxygen atoms in total. The summed E-state index contributed by atoms with van der Waals surface area (Å²) in [7, 11) is 0. The standard InChI is InChI=1S/C14H17N3O2/c1-3-12(15)9(2)10-6-7-13(17(18)19)11-5-4-8-16-14(10)11/h4-9,12H,3,15H2,1-2H3. The van der Waals surface area contributed by atoms with Crippen LogP contribution in [0.15, 0.2) is 30.5 Å². The summed E-state index contributed by atoms with van der Waals surface area (Å²) < 4.78 is 0. The lowest BCUT2D eigenvalue weighted by atomic mass is 9.90. The second-order valence-corrected chi connectivity index (χ2v) is 4.69. The minimum absolute atomic E-state index is 0.0201. The highest BCUT2D eigenvalue weighted by Crippen LogP contribution is 2.32. The first-order valence-electron chi connectivity index (χ1n) is 6.33. The van der Waals surface area contributed by atoms with Crippen molar-refractivity contribution in [2.75, 3.05) is 0 Å². The molecule has 2 atom stereocenters. The third-order valence-electron chi connectivity index (χ3n) is 3.58. The number of hydrogen-bond donors (Lipinski definition) is 1. The van der Waals surface area contributed by atoms with Gasteiger partial charge in [-0.15, -0.1) is 0 Å². The average Bonchev–Trinajstić information content (AvgIpc) is 2.44. The minimum Gasteiger partial charge on any atom is -0.327 e. The van der Waals surface area contributed by atoms with Crippen LogP contribution in [0.1, 0.15) is 31.7 Å². The maximum atomic E-state index is 11.0. The summed E-state index contributed by atoms with van der Waals surface area (Å²) in [5.41, 5.74) is 7.81. The topological polar surface area (TPSA) is 82.0 Å². The van der Waals surface area contributed by atoms with Gasteiger partial charge in [-0.1, -0.05) is 13.8 Å². The summed E-state index contributed by atoms with van der Waals surface area (Å²) in [6, 6.07) is 6.77. The van der Waals surface area contributed by atoms with E-state index in [0.717, 1.165) is 12.0 Å². The molecule has 2 aromatic rings. The number of aromatic nitrogens is 1. The number of nitrogens with zero attached hydrogens (tertiary/aromatic N) is 2. The van der Waals surface area contributed by atoms with E-state index in [4.69, 9.17) is 5.73 Å². The van der Waals surface area contributed by atoms with Gasteiger partial charge in [0.1, 0.15) is 0 Å². The normalized spacial score (nSPS) is 14.3. The van der Waals surface area contributed by atoms with E-state index < -0.39 is 0 Å². The maximum absolute atomic E-state index is 11.0. The molecule has 1 aromatic heterocycles. The van der Waals surface area contributed by atoms with Gasteiger partial charge in [0.2, 0.25) is 0 Å². The summed E-state index contributed by atoms with van der Waals surface area (Å²) in [6.45, 7) is 4.06. The molecule has 2 unspecified atom stereocenters. The van der Waals surface area contributed by atoms with E-state index in [9.17, 15) is 10.1 Å². The van der Waals surface area contributed by atoms with Crippen LogP contribution in [-0.2, 0) is 0 Å². The van der Waals surface area contributed by atoms with Crippen molar-refractivity contribution in [1.29, 1.82) is 0 Å². The molecule has 2 rings (SSSR count). The van der Waals surface area contributed by atoms with Gasteiger partial charge in [0, 0.05) is 18.3 Å². The van der Waals surface area contributed by atoms with Gasteiger partial charge in [-0.25, -0.2) is 0 Å². The van der Waals surface area contributed by atoms with Gasteiger partial charge in [0.05, 0.1) is 15.8 Å². The van der Waals surface area contributed by atoms with Crippen molar-refractivity contribution in [2.24, 2.45) is 5.73 Å². The van der Waals surface area contributed by atoms with Crippen LogP contribution in [-0.4, -0.2) is 15.9 Å². The van der Waals surface area contributed by atoms with Gasteiger partial charge in [0.25, 0.3) is 5.69 Å². The van der Waals surface area contributed by atoms with E-state index in [0.29, 0.717) is 10.9 Å². The number of rotatable bonds is 4. The van der Waals surface area contributed by atoms with E-state index in [-0.39, 0.29) is 22.6 Å². The molecule has 5 heteroatoms. The largest absolute Gasteiger partial charge is 0.327 e. The van der Waals surface area contributed by atoms with E-state index in [1.54, 1.807) is 24.4 Å². The Labute approximate surface area is 111 Å². The molecule has 0 saturated heterocycles. The quantitative estimate of drug-likeness (QED) is 0.676. The minimum atomic E-state index is -0.377. The Balaban J connectivity index is 2.65. The van der Waals surface area contributed by atoms with Crippen molar-refractivity contribution in [3.63, 3.8) is 0 Å². The van der Waals surface area contributed by atoms with Crippen molar-refractivity contribution in [1.82, 2.24) is 4.98 Å². The molecule has 0 aliphatic rings. The number of benzene rings is 1. The zero-order chi connectivity index (χ0) is 14.0. The number of pyridine rings is 1. The van der Waals surface area contributed by atoms with Crippen LogP contribution < -0.4 is 5.73 Å². The van der Waals surface area contributed by atoms with Crippen LogP contribution in [0.4, 0.5) is 5.69 Å². The third kappa shape index (κ3) is 2.42. The SMILES string of the molecule is CCC(N)C(C)c1ccc([N+](=O)[O-])c2cccnc12. The summed E-state index contributed by atoms with van der Waals surface area (Å²) >= 11 is 0. The number of nitrogens with two attached hydrogens (primary N) is 1. The molecule has 0 spiro atoms. The molecule has 0 saturated carbocycles. The summed E-state index contributed by atoms with van der Waals surface area (Å²) in [5, 5.41) is 11.6. The Morgan fingerprint density at radius 1 is 1.42 bits per heavy atom. The van der Waals surface area contributed by atoms with Gasteiger partial charge < -0.3 is 5.73 Å². The number of hydrogen-bond acceptors (Lipinski definition) is 4. The van der Waals surface area contributed by atoms with Gasteiger partial charge in [-0.05, 0) is 36.1 Å². The van der Waals surface area contributed by atoms with Gasteiger partial charge in [-0.3, -0.25) is 15.1 Å². The van der Waals surface area contributed by atoms with Crippen LogP contribution in [0.5, 0.6) is 0 Å². The van der Waals surface area contributed by atoms with Crippen molar-refractivity contribution < 1.29 is 4.92 Å². The fourth-order valence-electron chi connectivity index (χ4n) is 2.29. The second kappa shape index (κ2) is 5.32. The fourth-order valence-corrected chi connectivity index (χ4v) is 2.29. The zero-order valence-corrected chi connectivity index (χ0v) is 11.0. The highest BCUT2D eigenvalue weighted by atomic mass is 16.6. The molecule has 0 aliphatic carbocycles. The second-order valence-electron chi connectivity index (χ2n) is 4.69. The van der Waals surface area contributed by atoms with E-state index >= 15 is 0 Å². The monoisotopic (exact) mass is 259 g/mol. The average molecular weight is 259 g/mol. The molecule has 0 amide bonds. The van der Waals surface area contributed by atoms with Crippen LogP contribution in [0.25, 0.3) is 10.9 Å². The predicted octanol–water partition coefficient (Wildman–Crippen LogP) is 2.98. The lowest BCUT2D eigenvalue weighted by molar-refractivity contribution is -0.383. The van der Waals surface area contributed by atoms with E-state index in [1.807, 2.05) is 13.8 Å². The Hall–Kier alpha value is -2.01. The molecule has 19 heavy (non-hydrogen) atoms. The molecule has 0 radical (unpaired) electrons. The van der Waals surface area contributed by atoms with Crippen molar-refractivity contribution in [2.45, 2.75) is 32.2 Å². The third-order valence-corrected chi connectivity index (χ3v) is 3.58. The van der Waals surface area contributed by atoms with Gasteiger partial charge >= 0.3 is 0 Å². The number of non-ortho nitro benzene ring substituents is 1. The van der Waals surface area contributed by atoms with Crippen LogP contribution >= 0.6 is 0 Å². The van der Waals surface area contributed by atoms with Gasteiger partial charge in [-0.2, -0.15) is 0 Å². The highest BCUT2D eigenvalue weighted by molar-refractivity contribution is 5.90. The van der Waals surface area contributed by atoms with Crippen LogP contribution in [0.3, 0.4) is 0 Å². The number of fused-ring (bicyclic) bond motifs is 1. The lowest BCUT2D eigenvalue weighted by Gasteiger charge is -2.19.